The Hall–Kier alpha value is -1.53. The SMILES string of the molecule is O=C(CC1CNC(C(=O)N2CCSC2)C1)NCCCc1ccccc1. The van der Waals surface area contributed by atoms with E-state index in [0.717, 1.165) is 44.0 Å². The summed E-state index contributed by atoms with van der Waals surface area (Å²) < 4.78 is 0. The maximum Gasteiger partial charge on any atom is 0.240 e. The molecular weight excluding hydrogens is 334 g/mol. The first-order valence-corrected chi connectivity index (χ1v) is 10.3. The van der Waals surface area contributed by atoms with Crippen molar-refractivity contribution in [3.63, 3.8) is 0 Å². The van der Waals surface area contributed by atoms with Crippen LogP contribution in [0.25, 0.3) is 0 Å². The molecule has 2 heterocycles. The van der Waals surface area contributed by atoms with Crippen molar-refractivity contribution in [1.82, 2.24) is 15.5 Å². The summed E-state index contributed by atoms with van der Waals surface area (Å²) >= 11 is 1.80. The minimum absolute atomic E-state index is 0.102. The fourth-order valence-corrected chi connectivity index (χ4v) is 4.42. The minimum atomic E-state index is -0.102. The Balaban J connectivity index is 1.31. The Bertz CT molecular complexity index is 575. The Labute approximate surface area is 153 Å². The van der Waals surface area contributed by atoms with Gasteiger partial charge in [-0.25, -0.2) is 0 Å². The van der Waals surface area contributed by atoms with E-state index in [1.807, 2.05) is 23.1 Å². The molecule has 1 aromatic carbocycles. The number of nitrogens with one attached hydrogen (secondary N) is 2. The molecule has 2 saturated heterocycles. The fourth-order valence-electron chi connectivity index (χ4n) is 3.46. The highest BCUT2D eigenvalue weighted by atomic mass is 32.2. The number of hydrogen-bond acceptors (Lipinski definition) is 4. The maximum atomic E-state index is 12.4. The van der Waals surface area contributed by atoms with E-state index < -0.39 is 0 Å². The van der Waals surface area contributed by atoms with Crippen LogP contribution >= 0.6 is 11.8 Å². The quantitative estimate of drug-likeness (QED) is 0.725. The molecule has 2 unspecified atom stereocenters. The van der Waals surface area contributed by atoms with E-state index in [1.165, 1.54) is 5.56 Å². The van der Waals surface area contributed by atoms with Gasteiger partial charge in [-0.2, -0.15) is 0 Å². The third-order valence-corrected chi connectivity index (χ3v) is 5.83. The van der Waals surface area contributed by atoms with Crippen LogP contribution in [-0.2, 0) is 16.0 Å². The summed E-state index contributed by atoms with van der Waals surface area (Å²) in [7, 11) is 0. The van der Waals surface area contributed by atoms with Gasteiger partial charge >= 0.3 is 0 Å². The minimum Gasteiger partial charge on any atom is -0.356 e. The van der Waals surface area contributed by atoms with E-state index in [-0.39, 0.29) is 23.8 Å². The van der Waals surface area contributed by atoms with Gasteiger partial charge in [0.05, 0.1) is 11.9 Å². The highest BCUT2D eigenvalue weighted by molar-refractivity contribution is 7.99. The third-order valence-electron chi connectivity index (χ3n) is 4.87. The van der Waals surface area contributed by atoms with Crippen LogP contribution in [0, 0.1) is 5.92 Å². The Morgan fingerprint density at radius 2 is 2.12 bits per heavy atom. The number of carbonyl (C=O) groups excluding carboxylic acids is 2. The van der Waals surface area contributed by atoms with Crippen molar-refractivity contribution >= 4 is 23.6 Å². The molecule has 0 aromatic heterocycles. The molecule has 0 bridgehead atoms. The summed E-state index contributed by atoms with van der Waals surface area (Å²) in [6.45, 7) is 2.32. The Morgan fingerprint density at radius 1 is 1.28 bits per heavy atom. The van der Waals surface area contributed by atoms with Gasteiger partial charge in [-0.1, -0.05) is 30.3 Å². The Morgan fingerprint density at radius 3 is 2.88 bits per heavy atom. The molecule has 2 aliphatic rings. The molecule has 6 heteroatoms. The van der Waals surface area contributed by atoms with Crippen molar-refractivity contribution in [3.05, 3.63) is 35.9 Å². The zero-order valence-electron chi connectivity index (χ0n) is 14.6. The van der Waals surface area contributed by atoms with E-state index >= 15 is 0 Å². The predicted molar refractivity (Wildman–Crippen MR) is 101 cm³/mol. The average Bonchev–Trinajstić information content (AvgIpc) is 3.31. The second-order valence-electron chi connectivity index (χ2n) is 6.84. The van der Waals surface area contributed by atoms with Gasteiger partial charge in [0.1, 0.15) is 0 Å². The van der Waals surface area contributed by atoms with Gasteiger partial charge in [0.15, 0.2) is 0 Å². The first-order chi connectivity index (χ1) is 12.2. The maximum absolute atomic E-state index is 12.4. The van der Waals surface area contributed by atoms with Gasteiger partial charge in [-0.3, -0.25) is 9.59 Å². The number of nitrogens with zero attached hydrogens (tertiary/aromatic N) is 1. The number of benzene rings is 1. The normalized spacial score (nSPS) is 23.0. The molecule has 2 N–H and O–H groups in total. The molecule has 136 valence electrons. The molecule has 2 fully saturated rings. The van der Waals surface area contributed by atoms with Crippen molar-refractivity contribution in [2.45, 2.75) is 31.7 Å². The lowest BCUT2D eigenvalue weighted by Crippen LogP contribution is -2.42. The zero-order chi connectivity index (χ0) is 17.5. The largest absolute Gasteiger partial charge is 0.356 e. The molecule has 0 saturated carbocycles. The molecule has 0 aliphatic carbocycles. The van der Waals surface area contributed by atoms with Crippen molar-refractivity contribution in [3.8, 4) is 0 Å². The molecule has 1 aromatic rings. The molecule has 3 rings (SSSR count). The smallest absolute Gasteiger partial charge is 0.240 e. The van der Waals surface area contributed by atoms with Crippen LogP contribution in [0.3, 0.4) is 0 Å². The van der Waals surface area contributed by atoms with Crippen molar-refractivity contribution in [2.75, 3.05) is 31.3 Å². The number of amides is 2. The number of carbonyl (C=O) groups is 2. The van der Waals surface area contributed by atoms with Crippen LogP contribution in [0.15, 0.2) is 30.3 Å². The number of aryl methyl sites for hydroxylation is 1. The highest BCUT2D eigenvalue weighted by Gasteiger charge is 2.33. The van der Waals surface area contributed by atoms with Crippen LogP contribution in [0.1, 0.15) is 24.8 Å². The van der Waals surface area contributed by atoms with E-state index in [4.69, 9.17) is 0 Å². The van der Waals surface area contributed by atoms with Crippen molar-refractivity contribution in [1.29, 1.82) is 0 Å². The van der Waals surface area contributed by atoms with E-state index in [2.05, 4.69) is 22.8 Å². The number of hydrogen-bond donors (Lipinski definition) is 2. The molecule has 25 heavy (non-hydrogen) atoms. The molecule has 5 nitrogen and oxygen atoms in total. The van der Waals surface area contributed by atoms with Gasteiger partial charge in [-0.05, 0) is 37.3 Å². The van der Waals surface area contributed by atoms with Crippen molar-refractivity contribution in [2.24, 2.45) is 5.92 Å². The first kappa shape index (κ1) is 18.3. The van der Waals surface area contributed by atoms with Crippen LogP contribution in [0.4, 0.5) is 0 Å². The summed E-state index contributed by atoms with van der Waals surface area (Å²) in [6, 6.07) is 10.2. The summed E-state index contributed by atoms with van der Waals surface area (Å²) in [5.74, 6) is 2.41. The van der Waals surface area contributed by atoms with Crippen LogP contribution in [-0.4, -0.2) is 54.0 Å². The lowest BCUT2D eigenvalue weighted by atomic mass is 10.0. The second kappa shape index (κ2) is 9.25. The standard InChI is InChI=1S/C19H27N3O2S/c23-18(20-8-4-7-15-5-2-1-3-6-15)12-16-11-17(21-13-16)19(24)22-9-10-25-14-22/h1-3,5-6,16-17,21H,4,7-14H2,(H,20,23). The highest BCUT2D eigenvalue weighted by Crippen LogP contribution is 2.22. The van der Waals surface area contributed by atoms with E-state index in [9.17, 15) is 9.59 Å². The van der Waals surface area contributed by atoms with Gasteiger partial charge in [0.2, 0.25) is 11.8 Å². The van der Waals surface area contributed by atoms with Gasteiger partial charge in [0.25, 0.3) is 0 Å². The molecular formula is C19H27N3O2S. The average molecular weight is 362 g/mol. The molecule has 2 aliphatic heterocycles. The third kappa shape index (κ3) is 5.47. The van der Waals surface area contributed by atoms with Gasteiger partial charge in [-0.15, -0.1) is 11.8 Å². The summed E-state index contributed by atoms with van der Waals surface area (Å²) in [4.78, 5) is 26.4. The van der Waals surface area contributed by atoms with E-state index in [0.29, 0.717) is 13.0 Å². The number of thioether (sulfide) groups is 1. The number of rotatable bonds is 7. The molecule has 2 amide bonds. The predicted octanol–water partition coefficient (Wildman–Crippen LogP) is 1.64. The van der Waals surface area contributed by atoms with E-state index in [1.54, 1.807) is 11.8 Å². The van der Waals surface area contributed by atoms with Gasteiger partial charge in [0, 0.05) is 25.3 Å². The second-order valence-corrected chi connectivity index (χ2v) is 7.92. The lowest BCUT2D eigenvalue weighted by molar-refractivity contribution is -0.131. The molecule has 2 atom stereocenters. The van der Waals surface area contributed by atoms with Crippen LogP contribution in [0.2, 0.25) is 0 Å². The van der Waals surface area contributed by atoms with Gasteiger partial charge < -0.3 is 15.5 Å². The first-order valence-electron chi connectivity index (χ1n) is 9.13. The van der Waals surface area contributed by atoms with Crippen molar-refractivity contribution < 1.29 is 9.59 Å². The summed E-state index contributed by atoms with van der Waals surface area (Å²) in [6.07, 6.45) is 3.22. The zero-order valence-corrected chi connectivity index (χ0v) is 15.4. The summed E-state index contributed by atoms with van der Waals surface area (Å²) in [5.41, 5.74) is 1.30. The van der Waals surface area contributed by atoms with Crippen LogP contribution < -0.4 is 10.6 Å². The monoisotopic (exact) mass is 361 g/mol. The topological polar surface area (TPSA) is 61.4 Å². The molecule has 0 radical (unpaired) electrons. The van der Waals surface area contributed by atoms with Crippen LogP contribution in [0.5, 0.6) is 0 Å². The summed E-state index contributed by atoms with van der Waals surface area (Å²) in [5, 5.41) is 6.31. The lowest BCUT2D eigenvalue weighted by Gasteiger charge is -2.19. The Kier molecular flexibility index (Phi) is 6.76. The molecule has 0 spiro atoms. The fraction of sp³-hybridized carbons (Fsp3) is 0.579.